The Morgan fingerprint density at radius 3 is 2.28 bits per heavy atom. The van der Waals surface area contributed by atoms with E-state index in [0.717, 1.165) is 11.8 Å². The molecule has 1 saturated carbocycles. The molecule has 0 spiro atoms. The van der Waals surface area contributed by atoms with Gasteiger partial charge in [-0.05, 0) is 61.6 Å². The zero-order chi connectivity index (χ0) is 12.8. The first kappa shape index (κ1) is 13.9. The van der Waals surface area contributed by atoms with Crippen LogP contribution in [0.1, 0.15) is 44.1 Å². The molecule has 0 saturated heterocycles. The largest absolute Gasteiger partial charge is 0.103 e. The molecule has 0 atom stereocenters. The fraction of sp³-hybridized carbons (Fsp3) is 0.529. The van der Waals surface area contributed by atoms with Crippen molar-refractivity contribution in [2.24, 2.45) is 11.8 Å². The molecule has 2 rings (SSSR count). The zero-order valence-electron chi connectivity index (χ0n) is 11.1. The van der Waals surface area contributed by atoms with Crippen molar-refractivity contribution >= 4 is 15.9 Å². The molecule has 1 fully saturated rings. The Bertz CT molecular complexity index is 358. The minimum Gasteiger partial charge on any atom is -0.103 e. The molecule has 0 nitrogen and oxygen atoms in total. The number of aryl methyl sites for hydroxylation is 1. The summed E-state index contributed by atoms with van der Waals surface area (Å²) in [4.78, 5) is 0. The Kier molecular flexibility index (Phi) is 5.49. The number of allylic oxidation sites excluding steroid dienone is 1. The highest BCUT2D eigenvalue weighted by Gasteiger charge is 2.19. The summed E-state index contributed by atoms with van der Waals surface area (Å²) in [5.74, 6) is 1.88. The maximum Gasteiger partial charge on any atom is 0.0175 e. The van der Waals surface area contributed by atoms with Gasteiger partial charge in [-0.15, -0.1) is 6.58 Å². The van der Waals surface area contributed by atoms with E-state index in [-0.39, 0.29) is 0 Å². The van der Waals surface area contributed by atoms with Crippen molar-refractivity contribution in [2.45, 2.75) is 44.9 Å². The molecule has 0 aromatic heterocycles. The number of benzene rings is 1. The van der Waals surface area contributed by atoms with Gasteiger partial charge in [-0.3, -0.25) is 0 Å². The first-order chi connectivity index (χ1) is 8.78. The first-order valence-electron chi connectivity index (χ1n) is 7.13. The number of rotatable bonds is 5. The highest BCUT2D eigenvalue weighted by molar-refractivity contribution is 9.10. The molecule has 98 valence electrons. The predicted octanol–water partition coefficient (Wildman–Crippen LogP) is 5.76. The first-order valence-corrected chi connectivity index (χ1v) is 7.92. The Balaban J connectivity index is 1.72. The van der Waals surface area contributed by atoms with E-state index in [1.165, 1.54) is 55.0 Å². The lowest BCUT2D eigenvalue weighted by Crippen LogP contribution is -2.14. The normalized spacial score (nSPS) is 23.8. The molecule has 1 heteroatoms. The molecular formula is C17H23Br. The van der Waals surface area contributed by atoms with Crippen LogP contribution in [0, 0.1) is 11.8 Å². The minimum absolute atomic E-state index is 0.923. The second-order valence-corrected chi connectivity index (χ2v) is 6.49. The van der Waals surface area contributed by atoms with Gasteiger partial charge in [0.25, 0.3) is 0 Å². The van der Waals surface area contributed by atoms with Crippen LogP contribution in [-0.4, -0.2) is 0 Å². The Labute approximate surface area is 120 Å². The molecule has 0 aliphatic heterocycles. The van der Waals surface area contributed by atoms with Crippen LogP contribution in [0.5, 0.6) is 0 Å². The fourth-order valence-corrected chi connectivity index (χ4v) is 3.28. The van der Waals surface area contributed by atoms with Crippen LogP contribution in [0.4, 0.5) is 0 Å². The van der Waals surface area contributed by atoms with Gasteiger partial charge in [0.15, 0.2) is 0 Å². The van der Waals surface area contributed by atoms with Gasteiger partial charge in [-0.25, -0.2) is 0 Å². The van der Waals surface area contributed by atoms with Gasteiger partial charge in [0.2, 0.25) is 0 Å². The van der Waals surface area contributed by atoms with Gasteiger partial charge >= 0.3 is 0 Å². The van der Waals surface area contributed by atoms with E-state index in [4.69, 9.17) is 0 Å². The molecule has 0 heterocycles. The summed E-state index contributed by atoms with van der Waals surface area (Å²) in [6.07, 6.45) is 11.6. The molecule has 0 bridgehead atoms. The third-order valence-corrected chi connectivity index (χ3v) is 4.75. The summed E-state index contributed by atoms with van der Waals surface area (Å²) < 4.78 is 1.18. The van der Waals surface area contributed by atoms with Crippen molar-refractivity contribution in [2.75, 3.05) is 0 Å². The van der Waals surface area contributed by atoms with Crippen LogP contribution >= 0.6 is 15.9 Å². The molecule has 0 radical (unpaired) electrons. The Morgan fingerprint density at radius 2 is 1.67 bits per heavy atom. The van der Waals surface area contributed by atoms with E-state index in [2.05, 4.69) is 52.9 Å². The summed E-state index contributed by atoms with van der Waals surface area (Å²) in [7, 11) is 0. The molecule has 1 aromatic carbocycles. The summed E-state index contributed by atoms with van der Waals surface area (Å²) in [6, 6.07) is 8.79. The molecule has 0 unspecified atom stereocenters. The van der Waals surface area contributed by atoms with E-state index < -0.39 is 0 Å². The molecule has 1 aliphatic carbocycles. The molecular weight excluding hydrogens is 284 g/mol. The van der Waals surface area contributed by atoms with Crippen LogP contribution in [-0.2, 0) is 6.42 Å². The zero-order valence-corrected chi connectivity index (χ0v) is 12.7. The maximum atomic E-state index is 3.85. The van der Waals surface area contributed by atoms with E-state index >= 15 is 0 Å². The van der Waals surface area contributed by atoms with Gasteiger partial charge in [0.1, 0.15) is 0 Å². The summed E-state index contributed by atoms with van der Waals surface area (Å²) >= 11 is 3.49. The van der Waals surface area contributed by atoms with Gasteiger partial charge < -0.3 is 0 Å². The summed E-state index contributed by atoms with van der Waals surface area (Å²) in [6.45, 7) is 3.85. The van der Waals surface area contributed by atoms with Crippen LogP contribution in [0.15, 0.2) is 41.4 Å². The van der Waals surface area contributed by atoms with Crippen molar-refractivity contribution in [1.29, 1.82) is 0 Å². The average Bonchev–Trinajstić information content (AvgIpc) is 2.40. The third kappa shape index (κ3) is 4.28. The standard InChI is InChI=1S/C17H23Br/c1-2-3-14-4-6-15(7-5-14)8-9-16-10-12-17(18)13-11-16/h2,10-15H,1,3-9H2. The molecule has 1 aromatic rings. The molecule has 1 aliphatic rings. The van der Waals surface area contributed by atoms with Crippen molar-refractivity contribution in [1.82, 2.24) is 0 Å². The van der Waals surface area contributed by atoms with E-state index in [0.29, 0.717) is 0 Å². The quantitative estimate of drug-likeness (QED) is 0.606. The fourth-order valence-electron chi connectivity index (χ4n) is 3.01. The summed E-state index contributed by atoms with van der Waals surface area (Å²) in [5.41, 5.74) is 1.48. The van der Waals surface area contributed by atoms with Crippen LogP contribution in [0.3, 0.4) is 0 Å². The van der Waals surface area contributed by atoms with Gasteiger partial charge in [-0.2, -0.15) is 0 Å². The number of halogens is 1. The highest BCUT2D eigenvalue weighted by atomic mass is 79.9. The lowest BCUT2D eigenvalue weighted by Gasteiger charge is -2.27. The van der Waals surface area contributed by atoms with Crippen molar-refractivity contribution in [3.63, 3.8) is 0 Å². The summed E-state index contributed by atoms with van der Waals surface area (Å²) in [5, 5.41) is 0. The van der Waals surface area contributed by atoms with Gasteiger partial charge in [-0.1, -0.05) is 47.0 Å². The van der Waals surface area contributed by atoms with Crippen molar-refractivity contribution in [3.05, 3.63) is 47.0 Å². The lowest BCUT2D eigenvalue weighted by molar-refractivity contribution is 0.265. The van der Waals surface area contributed by atoms with Crippen LogP contribution in [0.25, 0.3) is 0 Å². The number of hydrogen-bond acceptors (Lipinski definition) is 0. The molecule has 0 amide bonds. The average molecular weight is 307 g/mol. The van der Waals surface area contributed by atoms with Crippen molar-refractivity contribution in [3.8, 4) is 0 Å². The van der Waals surface area contributed by atoms with E-state index in [9.17, 15) is 0 Å². The predicted molar refractivity (Wildman–Crippen MR) is 82.7 cm³/mol. The smallest absolute Gasteiger partial charge is 0.0175 e. The molecule has 0 N–H and O–H groups in total. The van der Waals surface area contributed by atoms with E-state index in [1.807, 2.05) is 0 Å². The van der Waals surface area contributed by atoms with E-state index in [1.54, 1.807) is 0 Å². The van der Waals surface area contributed by atoms with Gasteiger partial charge in [0.05, 0.1) is 0 Å². The number of hydrogen-bond donors (Lipinski definition) is 0. The minimum atomic E-state index is 0.923. The highest BCUT2D eigenvalue weighted by Crippen LogP contribution is 2.33. The second kappa shape index (κ2) is 7.13. The SMILES string of the molecule is C=CCC1CCC(CCc2ccc(Br)cc2)CC1. The Morgan fingerprint density at radius 1 is 1.06 bits per heavy atom. The van der Waals surface area contributed by atoms with Gasteiger partial charge in [0, 0.05) is 4.47 Å². The lowest BCUT2D eigenvalue weighted by atomic mass is 9.78. The molecule has 18 heavy (non-hydrogen) atoms. The maximum absolute atomic E-state index is 3.85. The van der Waals surface area contributed by atoms with Crippen molar-refractivity contribution < 1.29 is 0 Å². The third-order valence-electron chi connectivity index (χ3n) is 4.22. The van der Waals surface area contributed by atoms with Crippen LogP contribution in [0.2, 0.25) is 0 Å². The topological polar surface area (TPSA) is 0 Å². The van der Waals surface area contributed by atoms with Crippen LogP contribution < -0.4 is 0 Å². The second-order valence-electron chi connectivity index (χ2n) is 5.58. The Hall–Kier alpha value is -0.560. The monoisotopic (exact) mass is 306 g/mol.